The van der Waals surface area contributed by atoms with Crippen molar-refractivity contribution in [3.63, 3.8) is 0 Å². The third-order valence-corrected chi connectivity index (χ3v) is 5.31. The summed E-state index contributed by atoms with van der Waals surface area (Å²) in [4.78, 5) is 1.41. The Balaban J connectivity index is 2.31. The van der Waals surface area contributed by atoms with Crippen molar-refractivity contribution in [1.29, 1.82) is 0 Å². The van der Waals surface area contributed by atoms with Crippen LogP contribution in [-0.4, -0.2) is 11.8 Å². The van der Waals surface area contributed by atoms with Gasteiger partial charge in [-0.25, -0.2) is 0 Å². The fourth-order valence-corrected chi connectivity index (χ4v) is 3.40. The maximum atomic E-state index is 3.58. The number of hydrogen-bond acceptors (Lipinski definition) is 2. The van der Waals surface area contributed by atoms with E-state index in [9.17, 15) is 0 Å². The van der Waals surface area contributed by atoms with Crippen LogP contribution in [0.2, 0.25) is 0 Å². The molecule has 0 amide bonds. The van der Waals surface area contributed by atoms with Crippen molar-refractivity contribution in [2.75, 3.05) is 11.9 Å². The minimum absolute atomic E-state index is 0.226. The highest BCUT2D eigenvalue weighted by Gasteiger charge is 2.30. The van der Waals surface area contributed by atoms with Crippen LogP contribution >= 0.6 is 11.8 Å². The van der Waals surface area contributed by atoms with E-state index in [0.717, 1.165) is 6.54 Å². The van der Waals surface area contributed by atoms with Gasteiger partial charge in [-0.15, -0.1) is 11.8 Å². The molecule has 1 aromatic carbocycles. The van der Waals surface area contributed by atoms with Crippen LogP contribution in [0.5, 0.6) is 0 Å². The molecule has 1 atom stereocenters. The van der Waals surface area contributed by atoms with Gasteiger partial charge in [0.1, 0.15) is 0 Å². The molecule has 1 heterocycles. The summed E-state index contributed by atoms with van der Waals surface area (Å²) in [6.07, 6.45) is 0. The van der Waals surface area contributed by atoms with E-state index in [-0.39, 0.29) is 5.41 Å². The topological polar surface area (TPSA) is 12.0 Å². The Morgan fingerprint density at radius 3 is 2.33 bits per heavy atom. The van der Waals surface area contributed by atoms with Gasteiger partial charge in [-0.3, -0.25) is 0 Å². The fraction of sp³-hybridized carbons (Fsp3) is 0.625. The Hall–Kier alpha value is -0.630. The zero-order chi connectivity index (χ0) is 13.6. The Morgan fingerprint density at radius 2 is 1.78 bits per heavy atom. The van der Waals surface area contributed by atoms with Crippen LogP contribution in [0.1, 0.15) is 47.1 Å². The van der Waals surface area contributed by atoms with Crippen molar-refractivity contribution in [2.24, 2.45) is 5.41 Å². The van der Waals surface area contributed by atoms with Gasteiger partial charge in [-0.05, 0) is 28.5 Å². The first-order valence-electron chi connectivity index (χ1n) is 6.73. The third-order valence-electron chi connectivity index (χ3n) is 3.56. The van der Waals surface area contributed by atoms with Crippen LogP contribution in [-0.2, 0) is 5.41 Å². The van der Waals surface area contributed by atoms with E-state index in [0.29, 0.717) is 10.7 Å². The minimum atomic E-state index is 0.226. The number of hydrogen-bond donors (Lipinski definition) is 1. The van der Waals surface area contributed by atoms with Crippen LogP contribution in [0, 0.1) is 5.41 Å². The van der Waals surface area contributed by atoms with Crippen LogP contribution in [0.4, 0.5) is 5.69 Å². The summed E-state index contributed by atoms with van der Waals surface area (Å²) >= 11 is 2.03. The normalized spacial score (nSPS) is 20.2. The van der Waals surface area contributed by atoms with Gasteiger partial charge in [-0.2, -0.15) is 0 Å². The summed E-state index contributed by atoms with van der Waals surface area (Å²) in [7, 11) is 0. The maximum absolute atomic E-state index is 3.58. The Bertz CT molecular complexity index is 437. The van der Waals surface area contributed by atoms with Gasteiger partial charge in [0, 0.05) is 22.4 Å². The van der Waals surface area contributed by atoms with Crippen LogP contribution in [0.25, 0.3) is 0 Å². The van der Waals surface area contributed by atoms with Crippen molar-refractivity contribution < 1.29 is 0 Å². The van der Waals surface area contributed by atoms with Gasteiger partial charge in [0.15, 0.2) is 0 Å². The lowest BCUT2D eigenvalue weighted by Gasteiger charge is -2.35. The minimum Gasteiger partial charge on any atom is -0.383 e. The zero-order valence-corrected chi connectivity index (χ0v) is 13.2. The average molecular weight is 263 g/mol. The van der Waals surface area contributed by atoms with Gasteiger partial charge in [0.05, 0.1) is 0 Å². The number of anilines is 1. The van der Waals surface area contributed by atoms with Crippen LogP contribution < -0.4 is 5.32 Å². The number of benzene rings is 1. The second kappa shape index (κ2) is 4.48. The highest BCUT2D eigenvalue weighted by atomic mass is 32.2. The molecule has 100 valence electrons. The van der Waals surface area contributed by atoms with E-state index >= 15 is 0 Å². The quantitative estimate of drug-likeness (QED) is 0.713. The van der Waals surface area contributed by atoms with E-state index in [1.54, 1.807) is 0 Å². The largest absolute Gasteiger partial charge is 0.383 e. The molecule has 0 bridgehead atoms. The zero-order valence-electron chi connectivity index (χ0n) is 12.4. The van der Waals surface area contributed by atoms with Gasteiger partial charge in [-0.1, -0.05) is 47.6 Å². The van der Waals surface area contributed by atoms with Crippen molar-refractivity contribution in [3.8, 4) is 0 Å². The number of rotatable bonds is 0. The molecule has 0 aromatic heterocycles. The molecular weight excluding hydrogens is 238 g/mol. The first-order valence-corrected chi connectivity index (χ1v) is 7.61. The highest BCUT2D eigenvalue weighted by Crippen LogP contribution is 2.43. The number of nitrogens with one attached hydrogen (secondary N) is 1. The van der Waals surface area contributed by atoms with Crippen LogP contribution in [0.3, 0.4) is 0 Å². The molecule has 1 aliphatic rings. The summed E-state index contributed by atoms with van der Waals surface area (Å²) in [5.41, 5.74) is 3.29. The van der Waals surface area contributed by atoms with Crippen molar-refractivity contribution in [3.05, 3.63) is 23.8 Å². The second-order valence-electron chi connectivity index (χ2n) is 7.31. The van der Waals surface area contributed by atoms with E-state index in [2.05, 4.69) is 65.1 Å². The van der Waals surface area contributed by atoms with Crippen molar-refractivity contribution in [1.82, 2.24) is 0 Å². The van der Waals surface area contributed by atoms with Gasteiger partial charge in [0.2, 0.25) is 0 Å². The lowest BCUT2D eigenvalue weighted by atomic mass is 9.87. The van der Waals surface area contributed by atoms with Crippen molar-refractivity contribution in [2.45, 2.75) is 57.1 Å². The molecule has 1 nitrogen and oxygen atoms in total. The molecule has 2 rings (SSSR count). The van der Waals surface area contributed by atoms with E-state index in [4.69, 9.17) is 0 Å². The molecule has 1 unspecified atom stereocenters. The van der Waals surface area contributed by atoms with Gasteiger partial charge >= 0.3 is 0 Å². The Labute approximate surface area is 116 Å². The summed E-state index contributed by atoms with van der Waals surface area (Å²) in [5, 5.41) is 4.22. The molecule has 18 heavy (non-hydrogen) atoms. The summed E-state index contributed by atoms with van der Waals surface area (Å²) in [5.74, 6) is 0. The number of thioether (sulfide) groups is 1. The predicted octanol–water partition coefficient (Wildman–Crippen LogP) is 4.92. The molecule has 0 fully saturated rings. The molecule has 2 heteroatoms. The molecular formula is C16H25NS. The average Bonchev–Trinajstić information content (AvgIpc) is 2.25. The summed E-state index contributed by atoms with van der Waals surface area (Å²) < 4.78 is 0. The van der Waals surface area contributed by atoms with Crippen LogP contribution in [0.15, 0.2) is 23.1 Å². The Morgan fingerprint density at radius 1 is 1.11 bits per heavy atom. The first-order chi connectivity index (χ1) is 8.18. The summed E-state index contributed by atoms with van der Waals surface area (Å²) in [6, 6.07) is 6.86. The van der Waals surface area contributed by atoms with Crippen molar-refractivity contribution >= 4 is 17.4 Å². The first kappa shape index (κ1) is 13.8. The lowest BCUT2D eigenvalue weighted by Crippen LogP contribution is -2.33. The van der Waals surface area contributed by atoms with Gasteiger partial charge < -0.3 is 5.32 Å². The molecule has 1 aromatic rings. The third kappa shape index (κ3) is 2.85. The molecule has 0 aliphatic carbocycles. The van der Waals surface area contributed by atoms with E-state index in [1.165, 1.54) is 16.1 Å². The predicted molar refractivity (Wildman–Crippen MR) is 82.7 cm³/mol. The van der Waals surface area contributed by atoms with E-state index < -0.39 is 0 Å². The maximum Gasteiger partial charge on any atom is 0.0479 e. The molecule has 0 saturated carbocycles. The highest BCUT2D eigenvalue weighted by molar-refractivity contribution is 8.00. The standard InChI is InChI=1S/C16H25NS/c1-15(2,3)11-7-8-12-13(9-11)18-14(10-17-12)16(4,5)6/h7-9,14,17H,10H2,1-6H3. The monoisotopic (exact) mass is 263 g/mol. The number of fused-ring (bicyclic) bond motifs is 1. The van der Waals surface area contributed by atoms with E-state index in [1.807, 2.05) is 11.8 Å². The Kier molecular flexibility index (Phi) is 3.44. The molecule has 0 radical (unpaired) electrons. The molecule has 1 aliphatic heterocycles. The molecule has 0 spiro atoms. The summed E-state index contributed by atoms with van der Waals surface area (Å²) in [6.45, 7) is 14.9. The van der Waals surface area contributed by atoms with Gasteiger partial charge in [0.25, 0.3) is 0 Å². The lowest BCUT2D eigenvalue weighted by molar-refractivity contribution is 0.401. The smallest absolute Gasteiger partial charge is 0.0479 e. The SMILES string of the molecule is CC(C)(C)c1ccc2c(c1)SC(C(C)(C)C)CN2. The second-order valence-corrected chi connectivity index (χ2v) is 8.56. The molecule has 1 N–H and O–H groups in total. The molecule has 0 saturated heterocycles. The fourth-order valence-electron chi connectivity index (χ4n) is 2.11.